The van der Waals surface area contributed by atoms with Gasteiger partial charge in [-0.3, -0.25) is 9.59 Å². The molecule has 0 unspecified atom stereocenters. The number of carbonyl (C=O) groups excluding carboxylic acids is 2. The molecule has 0 saturated carbocycles. The van der Waals surface area contributed by atoms with E-state index in [1.54, 1.807) is 23.6 Å². The average molecular weight is 409 g/mol. The molecule has 0 bridgehead atoms. The number of aromatic nitrogens is 2. The van der Waals surface area contributed by atoms with Crippen LogP contribution in [0.2, 0.25) is 0 Å². The molecule has 0 spiro atoms. The van der Waals surface area contributed by atoms with E-state index < -0.39 is 0 Å². The van der Waals surface area contributed by atoms with Crippen molar-refractivity contribution in [1.82, 2.24) is 14.9 Å². The van der Waals surface area contributed by atoms with Crippen molar-refractivity contribution >= 4 is 41.1 Å². The van der Waals surface area contributed by atoms with Gasteiger partial charge >= 0.3 is 0 Å². The number of thiazole rings is 1. The van der Waals surface area contributed by atoms with E-state index >= 15 is 0 Å². The minimum atomic E-state index is 0.0187. The van der Waals surface area contributed by atoms with Crippen LogP contribution in [-0.4, -0.2) is 39.8 Å². The van der Waals surface area contributed by atoms with Gasteiger partial charge in [-0.15, -0.1) is 11.3 Å². The van der Waals surface area contributed by atoms with E-state index in [2.05, 4.69) is 21.4 Å². The number of likely N-dealkylation sites (tertiary alicyclic amines) is 1. The highest BCUT2D eigenvalue weighted by molar-refractivity contribution is 7.07. The zero-order valence-electron chi connectivity index (χ0n) is 16.3. The Hall–Kier alpha value is -2.80. The van der Waals surface area contributed by atoms with Crippen LogP contribution in [0.5, 0.6) is 0 Å². The summed E-state index contributed by atoms with van der Waals surface area (Å²) in [5.41, 5.74) is 6.10. The number of pyridine rings is 1. The maximum Gasteiger partial charge on any atom is 0.246 e. The van der Waals surface area contributed by atoms with Crippen molar-refractivity contribution in [3.05, 3.63) is 51.6 Å². The molecule has 2 aliphatic heterocycles. The summed E-state index contributed by atoms with van der Waals surface area (Å²) in [6.45, 7) is 1.46. The van der Waals surface area contributed by atoms with E-state index in [0.717, 1.165) is 62.0 Å². The molecule has 0 aromatic carbocycles. The van der Waals surface area contributed by atoms with Gasteiger partial charge in [0, 0.05) is 37.2 Å². The second kappa shape index (κ2) is 9.13. The summed E-state index contributed by atoms with van der Waals surface area (Å²) in [5, 5.41) is 4.90. The molecule has 2 aromatic rings. The Kier molecular flexibility index (Phi) is 6.14. The van der Waals surface area contributed by atoms with Gasteiger partial charge in [-0.05, 0) is 61.4 Å². The van der Waals surface area contributed by atoms with E-state index in [1.807, 2.05) is 27.9 Å². The Morgan fingerprint density at radius 3 is 2.76 bits per heavy atom. The van der Waals surface area contributed by atoms with Crippen LogP contribution in [0.4, 0.5) is 5.82 Å². The minimum absolute atomic E-state index is 0.0187. The fourth-order valence-electron chi connectivity index (χ4n) is 3.65. The van der Waals surface area contributed by atoms with Crippen LogP contribution in [0.25, 0.3) is 12.2 Å². The Morgan fingerprint density at radius 1 is 1.14 bits per heavy atom. The van der Waals surface area contributed by atoms with Crippen LogP contribution >= 0.6 is 11.3 Å². The summed E-state index contributed by atoms with van der Waals surface area (Å²) < 4.78 is 0. The molecule has 7 heteroatoms. The molecule has 6 nitrogen and oxygen atoms in total. The summed E-state index contributed by atoms with van der Waals surface area (Å²) >= 11 is 1.59. The SMILES string of the molecule is O=C1CCCCc2cc(C=CC(=O)N3CCC(=Cc4cscn4)CC3)cnc2N1. The van der Waals surface area contributed by atoms with E-state index in [0.29, 0.717) is 12.2 Å². The molecule has 1 fully saturated rings. The fourth-order valence-corrected chi connectivity index (χ4v) is 4.16. The van der Waals surface area contributed by atoms with Gasteiger partial charge in [0.15, 0.2) is 0 Å². The quantitative estimate of drug-likeness (QED) is 0.781. The van der Waals surface area contributed by atoms with Crippen molar-refractivity contribution < 1.29 is 9.59 Å². The summed E-state index contributed by atoms with van der Waals surface area (Å²) in [6.07, 6.45) is 12.3. The van der Waals surface area contributed by atoms with Crippen molar-refractivity contribution in [1.29, 1.82) is 0 Å². The average Bonchev–Trinajstić information content (AvgIpc) is 3.23. The molecule has 4 rings (SSSR count). The highest BCUT2D eigenvalue weighted by Gasteiger charge is 2.17. The van der Waals surface area contributed by atoms with E-state index in [-0.39, 0.29) is 11.8 Å². The summed E-state index contributed by atoms with van der Waals surface area (Å²) in [4.78, 5) is 34.9. The number of nitrogens with zero attached hydrogens (tertiary/aromatic N) is 3. The predicted octanol–water partition coefficient (Wildman–Crippen LogP) is 3.92. The summed E-state index contributed by atoms with van der Waals surface area (Å²) in [7, 11) is 0. The Labute approximate surface area is 174 Å². The van der Waals surface area contributed by atoms with Crippen molar-refractivity contribution in [2.75, 3.05) is 18.4 Å². The second-order valence-corrected chi connectivity index (χ2v) is 8.12. The first-order valence-electron chi connectivity index (χ1n) is 10.0. The Morgan fingerprint density at radius 2 is 1.97 bits per heavy atom. The third kappa shape index (κ3) is 5.17. The first-order chi connectivity index (χ1) is 14.2. The third-order valence-corrected chi connectivity index (χ3v) is 5.89. The van der Waals surface area contributed by atoms with Gasteiger partial charge in [0.2, 0.25) is 11.8 Å². The van der Waals surface area contributed by atoms with Gasteiger partial charge in [-0.2, -0.15) is 0 Å². The second-order valence-electron chi connectivity index (χ2n) is 7.41. The third-order valence-electron chi connectivity index (χ3n) is 5.28. The molecule has 29 heavy (non-hydrogen) atoms. The lowest BCUT2D eigenvalue weighted by Gasteiger charge is -2.27. The Bertz CT molecular complexity index is 940. The predicted molar refractivity (Wildman–Crippen MR) is 115 cm³/mol. The zero-order chi connectivity index (χ0) is 20.1. The number of fused-ring (bicyclic) bond motifs is 1. The number of hydrogen-bond acceptors (Lipinski definition) is 5. The number of carbonyl (C=O) groups is 2. The molecule has 2 aliphatic rings. The van der Waals surface area contributed by atoms with Gasteiger partial charge in [0.05, 0.1) is 11.2 Å². The van der Waals surface area contributed by atoms with Crippen LogP contribution < -0.4 is 5.32 Å². The highest BCUT2D eigenvalue weighted by Crippen LogP contribution is 2.22. The molecule has 150 valence electrons. The van der Waals surface area contributed by atoms with Gasteiger partial charge < -0.3 is 10.2 Å². The molecule has 0 radical (unpaired) electrons. The lowest BCUT2D eigenvalue weighted by atomic mass is 10.0. The topological polar surface area (TPSA) is 75.2 Å². The van der Waals surface area contributed by atoms with E-state index in [1.165, 1.54) is 5.57 Å². The molecule has 1 saturated heterocycles. The largest absolute Gasteiger partial charge is 0.339 e. The number of amides is 2. The summed E-state index contributed by atoms with van der Waals surface area (Å²) in [5.74, 6) is 0.691. The van der Waals surface area contributed by atoms with Gasteiger partial charge in [-0.1, -0.05) is 5.57 Å². The molecular weight excluding hydrogens is 384 g/mol. The molecule has 0 aliphatic carbocycles. The van der Waals surface area contributed by atoms with Crippen molar-refractivity contribution in [3.8, 4) is 0 Å². The molecule has 2 amide bonds. The number of hydrogen-bond donors (Lipinski definition) is 1. The van der Waals surface area contributed by atoms with Crippen molar-refractivity contribution in [2.45, 2.75) is 38.5 Å². The number of rotatable bonds is 3. The van der Waals surface area contributed by atoms with Gasteiger partial charge in [0.1, 0.15) is 5.82 Å². The lowest BCUT2D eigenvalue weighted by Crippen LogP contribution is -2.35. The monoisotopic (exact) mass is 408 g/mol. The molecular formula is C22H24N4O2S. The molecule has 0 atom stereocenters. The maximum atomic E-state index is 12.6. The highest BCUT2D eigenvalue weighted by atomic mass is 32.1. The first kappa shape index (κ1) is 19.5. The van der Waals surface area contributed by atoms with Crippen LogP contribution in [0.1, 0.15) is 48.9 Å². The van der Waals surface area contributed by atoms with Gasteiger partial charge in [-0.25, -0.2) is 9.97 Å². The van der Waals surface area contributed by atoms with E-state index in [9.17, 15) is 9.59 Å². The fraction of sp³-hybridized carbons (Fsp3) is 0.364. The molecule has 4 heterocycles. The normalized spacial score (nSPS) is 17.4. The number of anilines is 1. The van der Waals surface area contributed by atoms with Crippen LogP contribution in [0, 0.1) is 0 Å². The standard InChI is InChI=1S/C22H24N4O2S/c27-20-4-2-1-3-18-11-17(13-23-22(18)25-20)5-6-21(28)26-9-7-16(8-10-26)12-19-14-29-15-24-19/h5-6,11-15H,1-4,7-10H2,(H,23,25,27). The lowest BCUT2D eigenvalue weighted by molar-refractivity contribution is -0.126. The van der Waals surface area contributed by atoms with Crippen molar-refractivity contribution in [2.24, 2.45) is 0 Å². The minimum Gasteiger partial charge on any atom is -0.339 e. The van der Waals surface area contributed by atoms with Gasteiger partial charge in [0.25, 0.3) is 0 Å². The molecule has 1 N–H and O–H groups in total. The number of nitrogens with one attached hydrogen (secondary N) is 1. The van der Waals surface area contributed by atoms with Crippen LogP contribution in [0.15, 0.2) is 34.8 Å². The smallest absolute Gasteiger partial charge is 0.246 e. The first-order valence-corrected chi connectivity index (χ1v) is 10.9. The van der Waals surface area contributed by atoms with Crippen LogP contribution in [-0.2, 0) is 16.0 Å². The summed E-state index contributed by atoms with van der Waals surface area (Å²) in [6, 6.07) is 2.02. The number of aryl methyl sites for hydroxylation is 1. The molecule has 2 aromatic heterocycles. The van der Waals surface area contributed by atoms with E-state index in [4.69, 9.17) is 0 Å². The maximum absolute atomic E-state index is 12.6. The zero-order valence-corrected chi connectivity index (χ0v) is 17.1. The van der Waals surface area contributed by atoms with Crippen LogP contribution in [0.3, 0.4) is 0 Å². The van der Waals surface area contributed by atoms with Crippen molar-refractivity contribution in [3.63, 3.8) is 0 Å². The Balaban J connectivity index is 1.36. The number of piperidine rings is 1.